The number of nitrogens with zero attached hydrogens (tertiary/aromatic N) is 2. The second-order valence-corrected chi connectivity index (χ2v) is 10.7. The molecule has 4 unspecified atom stereocenters. The topological polar surface area (TPSA) is 88.5 Å². The van der Waals surface area contributed by atoms with Gasteiger partial charge in [0.2, 0.25) is 12.7 Å². The predicted octanol–water partition coefficient (Wildman–Crippen LogP) is 6.06. The molecular weight excluding hydrogens is 544 g/mol. The van der Waals surface area contributed by atoms with E-state index in [0.29, 0.717) is 30.3 Å². The second kappa shape index (κ2) is 12.2. The number of rotatable bonds is 9. The van der Waals surface area contributed by atoms with E-state index in [1.54, 1.807) is 12.0 Å². The fourth-order valence-corrected chi connectivity index (χ4v) is 6.44. The largest absolute Gasteiger partial charge is 0.497 e. The zero-order valence-corrected chi connectivity index (χ0v) is 24.1. The maximum atomic E-state index is 14.7. The summed E-state index contributed by atoms with van der Waals surface area (Å²) in [6.07, 6.45) is 0. The zero-order chi connectivity index (χ0) is 29.9. The molecule has 0 radical (unpaired) electrons. The van der Waals surface area contributed by atoms with Crippen LogP contribution in [0.4, 0.5) is 5.69 Å². The lowest BCUT2D eigenvalue weighted by Gasteiger charge is -2.36. The number of amides is 1. The molecule has 43 heavy (non-hydrogen) atoms. The molecule has 1 N–H and O–H groups in total. The van der Waals surface area contributed by atoms with Crippen LogP contribution in [0, 0.1) is 5.92 Å². The summed E-state index contributed by atoms with van der Waals surface area (Å²) >= 11 is 0. The average Bonchev–Trinajstić information content (AvgIpc) is 3.68. The van der Waals surface area contributed by atoms with E-state index in [-0.39, 0.29) is 12.7 Å². The molecule has 2 heterocycles. The highest BCUT2D eigenvalue weighted by Gasteiger charge is 2.51. The quantitative estimate of drug-likeness (QED) is 0.258. The first-order chi connectivity index (χ1) is 21.0. The van der Waals surface area contributed by atoms with Gasteiger partial charge in [0.25, 0.3) is 0 Å². The Morgan fingerprint density at radius 3 is 2.21 bits per heavy atom. The van der Waals surface area contributed by atoms with Crippen LogP contribution in [0.1, 0.15) is 41.6 Å². The Hall–Kier alpha value is -4.82. The fraction of sp³-hybridized carbons (Fsp3) is 0.257. The van der Waals surface area contributed by atoms with E-state index >= 15 is 0 Å². The predicted molar refractivity (Wildman–Crippen MR) is 163 cm³/mol. The Bertz CT molecular complexity index is 1580. The number of aliphatic carboxylic acids is 1. The lowest BCUT2D eigenvalue weighted by Crippen LogP contribution is -2.44. The third-order valence-electron chi connectivity index (χ3n) is 8.44. The first-order valence-electron chi connectivity index (χ1n) is 14.4. The molecule has 2 aliphatic heterocycles. The van der Waals surface area contributed by atoms with Crippen LogP contribution in [0.15, 0.2) is 103 Å². The molecule has 4 atom stereocenters. The molecule has 0 saturated carbocycles. The van der Waals surface area contributed by atoms with E-state index in [1.807, 2.05) is 110 Å². The van der Waals surface area contributed by atoms with Crippen LogP contribution in [0.5, 0.6) is 17.2 Å². The van der Waals surface area contributed by atoms with Gasteiger partial charge in [-0.15, -0.1) is 0 Å². The molecule has 2 aliphatic rings. The number of anilines is 1. The van der Waals surface area contributed by atoms with Gasteiger partial charge >= 0.3 is 5.97 Å². The van der Waals surface area contributed by atoms with Crippen molar-refractivity contribution in [3.05, 3.63) is 120 Å². The van der Waals surface area contributed by atoms with E-state index in [9.17, 15) is 14.7 Å². The number of benzene rings is 4. The summed E-state index contributed by atoms with van der Waals surface area (Å²) in [5, 5.41) is 10.8. The van der Waals surface area contributed by atoms with Gasteiger partial charge in [0, 0.05) is 30.7 Å². The Balaban J connectivity index is 1.51. The molecule has 220 valence electrons. The van der Waals surface area contributed by atoms with Crippen molar-refractivity contribution >= 4 is 17.6 Å². The molecule has 0 spiro atoms. The molecular formula is C35H34N2O6. The highest BCUT2D eigenvalue weighted by molar-refractivity contribution is 5.98. The zero-order valence-electron chi connectivity index (χ0n) is 24.1. The van der Waals surface area contributed by atoms with Crippen molar-refractivity contribution in [3.63, 3.8) is 0 Å². The number of methoxy groups -OCH3 is 1. The van der Waals surface area contributed by atoms with Gasteiger partial charge in [0.15, 0.2) is 11.5 Å². The van der Waals surface area contributed by atoms with Crippen molar-refractivity contribution in [2.45, 2.75) is 24.9 Å². The van der Waals surface area contributed by atoms with E-state index in [0.717, 1.165) is 22.4 Å². The number of carbonyl (C=O) groups is 2. The Morgan fingerprint density at radius 2 is 1.56 bits per heavy atom. The lowest BCUT2D eigenvalue weighted by molar-refractivity contribution is -0.143. The standard InChI is InChI=1S/C35H34N2O6/c1-3-36(26-12-8-5-9-13-26)34(38)33(23-10-6-4-7-11-23)37-21-28(25-16-19-29-30(20-25)43-22-42-29)31(35(39)40)32(37)24-14-17-27(41-2)18-15-24/h4-20,28,31-33H,3,21-22H2,1-2H3,(H,39,40). The van der Waals surface area contributed by atoms with Crippen LogP contribution < -0.4 is 19.1 Å². The van der Waals surface area contributed by atoms with Gasteiger partial charge in [-0.05, 0) is 60.0 Å². The number of hydrogen-bond acceptors (Lipinski definition) is 6. The van der Waals surface area contributed by atoms with Crippen LogP contribution >= 0.6 is 0 Å². The van der Waals surface area contributed by atoms with Crippen molar-refractivity contribution in [2.75, 3.05) is 31.9 Å². The smallest absolute Gasteiger partial charge is 0.309 e. The van der Waals surface area contributed by atoms with Gasteiger partial charge in [-0.3, -0.25) is 14.5 Å². The molecule has 8 heteroatoms. The first kappa shape index (κ1) is 28.3. The summed E-state index contributed by atoms with van der Waals surface area (Å²) in [5.41, 5.74) is 3.22. The minimum atomic E-state index is -0.930. The van der Waals surface area contributed by atoms with E-state index in [2.05, 4.69) is 4.90 Å². The van der Waals surface area contributed by atoms with Crippen molar-refractivity contribution in [2.24, 2.45) is 5.92 Å². The molecule has 0 aromatic heterocycles. The molecule has 1 saturated heterocycles. The number of fused-ring (bicyclic) bond motifs is 1. The SMILES string of the molecule is CCN(C(=O)C(c1ccccc1)N1CC(c2ccc3c(c2)OCO3)C(C(=O)O)C1c1ccc(OC)cc1)c1ccccc1. The summed E-state index contributed by atoms with van der Waals surface area (Å²) < 4.78 is 16.6. The number of hydrogen-bond donors (Lipinski definition) is 1. The van der Waals surface area contributed by atoms with E-state index in [1.165, 1.54) is 0 Å². The number of para-hydroxylation sites is 1. The van der Waals surface area contributed by atoms with Crippen molar-refractivity contribution in [3.8, 4) is 17.2 Å². The minimum Gasteiger partial charge on any atom is -0.497 e. The number of carboxylic acid groups (broad SMARTS) is 1. The molecule has 0 aliphatic carbocycles. The van der Waals surface area contributed by atoms with Crippen molar-refractivity contribution in [1.82, 2.24) is 4.90 Å². The van der Waals surface area contributed by atoms with Gasteiger partial charge in [-0.1, -0.05) is 66.7 Å². The van der Waals surface area contributed by atoms with Gasteiger partial charge in [-0.2, -0.15) is 0 Å². The Labute approximate surface area is 251 Å². The van der Waals surface area contributed by atoms with Crippen LogP contribution in [-0.4, -0.2) is 48.9 Å². The Morgan fingerprint density at radius 1 is 0.907 bits per heavy atom. The highest BCUT2D eigenvalue weighted by Crippen LogP contribution is 2.51. The molecule has 4 aromatic carbocycles. The van der Waals surface area contributed by atoms with Gasteiger partial charge in [-0.25, -0.2) is 0 Å². The summed E-state index contributed by atoms with van der Waals surface area (Å²) in [6, 6.07) is 30.9. The number of likely N-dealkylation sites (N-methyl/N-ethyl adjacent to an activating group) is 1. The third kappa shape index (κ3) is 5.42. The van der Waals surface area contributed by atoms with Gasteiger partial charge < -0.3 is 24.2 Å². The van der Waals surface area contributed by atoms with Crippen molar-refractivity contribution < 1.29 is 28.9 Å². The number of carbonyl (C=O) groups excluding carboxylic acids is 1. The van der Waals surface area contributed by atoms with Crippen LogP contribution in [0.2, 0.25) is 0 Å². The summed E-state index contributed by atoms with van der Waals surface area (Å²) in [5.74, 6) is -0.419. The third-order valence-corrected chi connectivity index (χ3v) is 8.44. The van der Waals surface area contributed by atoms with Gasteiger partial charge in [0.1, 0.15) is 11.8 Å². The summed E-state index contributed by atoms with van der Waals surface area (Å²) in [6.45, 7) is 2.88. The number of carboxylic acids is 1. The molecule has 6 rings (SSSR count). The average molecular weight is 579 g/mol. The van der Waals surface area contributed by atoms with Crippen LogP contribution in [-0.2, 0) is 9.59 Å². The molecule has 1 amide bonds. The van der Waals surface area contributed by atoms with E-state index < -0.39 is 29.9 Å². The highest BCUT2D eigenvalue weighted by atomic mass is 16.7. The minimum absolute atomic E-state index is 0.117. The maximum absolute atomic E-state index is 14.7. The fourth-order valence-electron chi connectivity index (χ4n) is 6.44. The summed E-state index contributed by atoms with van der Waals surface area (Å²) in [7, 11) is 1.60. The lowest BCUT2D eigenvalue weighted by atomic mass is 9.82. The maximum Gasteiger partial charge on any atom is 0.309 e. The molecule has 8 nitrogen and oxygen atoms in total. The van der Waals surface area contributed by atoms with Gasteiger partial charge in [0.05, 0.1) is 13.0 Å². The molecule has 0 bridgehead atoms. The first-order valence-corrected chi connectivity index (χ1v) is 14.4. The second-order valence-electron chi connectivity index (χ2n) is 10.7. The molecule has 4 aromatic rings. The number of ether oxygens (including phenoxy) is 3. The normalized spacial score (nSPS) is 20.0. The number of likely N-dealkylation sites (tertiary alicyclic amines) is 1. The van der Waals surface area contributed by atoms with Crippen LogP contribution in [0.25, 0.3) is 0 Å². The van der Waals surface area contributed by atoms with Crippen LogP contribution in [0.3, 0.4) is 0 Å². The monoisotopic (exact) mass is 578 g/mol. The van der Waals surface area contributed by atoms with Crippen molar-refractivity contribution in [1.29, 1.82) is 0 Å². The Kier molecular flexibility index (Phi) is 8.03. The molecule has 1 fully saturated rings. The van der Waals surface area contributed by atoms with E-state index in [4.69, 9.17) is 14.2 Å². The summed E-state index contributed by atoms with van der Waals surface area (Å²) in [4.78, 5) is 31.7.